The highest BCUT2D eigenvalue weighted by atomic mass is 79.9. The average Bonchev–Trinajstić information content (AvgIpc) is 2.13. The Morgan fingerprint density at radius 1 is 1.78 bits per heavy atom. The lowest BCUT2D eigenvalue weighted by molar-refractivity contribution is 0.566. The molecule has 9 heavy (non-hydrogen) atoms. The minimum absolute atomic E-state index is 0.468. The van der Waals surface area contributed by atoms with E-state index < -0.39 is 11.1 Å². The Bertz CT molecular complexity index is 232. The zero-order valence-corrected chi connectivity index (χ0v) is 7.42. The molecule has 0 saturated carbocycles. The van der Waals surface area contributed by atoms with E-state index in [1.165, 1.54) is 11.3 Å². The predicted molar refractivity (Wildman–Crippen MR) is 41.1 cm³/mol. The van der Waals surface area contributed by atoms with Gasteiger partial charge in [0.1, 0.15) is 4.21 Å². The van der Waals surface area contributed by atoms with Crippen molar-refractivity contribution >= 4 is 38.3 Å². The highest BCUT2D eigenvalue weighted by Gasteiger charge is 2.05. The first-order valence-electron chi connectivity index (χ1n) is 2.05. The molecule has 1 unspecified atom stereocenters. The van der Waals surface area contributed by atoms with Gasteiger partial charge in [-0.15, -0.1) is 11.3 Å². The summed E-state index contributed by atoms with van der Waals surface area (Å²) in [7, 11) is 0. The zero-order chi connectivity index (χ0) is 6.85. The Hall–Kier alpha value is 0.290. The van der Waals surface area contributed by atoms with E-state index >= 15 is 0 Å². The Labute approximate surface area is 67.3 Å². The lowest BCUT2D eigenvalue weighted by atomic mass is 10.7. The first-order valence-corrected chi connectivity index (χ1v) is 4.83. The summed E-state index contributed by atoms with van der Waals surface area (Å²) >= 11 is 2.55. The van der Waals surface area contributed by atoms with Crippen LogP contribution in [0.15, 0.2) is 20.1 Å². The van der Waals surface area contributed by atoms with Gasteiger partial charge in [-0.25, -0.2) is 4.21 Å². The minimum Gasteiger partial charge on any atom is -0.302 e. The van der Waals surface area contributed by atoms with Crippen LogP contribution in [0.4, 0.5) is 0 Å². The van der Waals surface area contributed by atoms with Crippen molar-refractivity contribution in [2.45, 2.75) is 4.21 Å². The van der Waals surface area contributed by atoms with Gasteiger partial charge in [0.25, 0.3) is 0 Å². The molecule has 0 fully saturated rings. The maximum Gasteiger partial charge on any atom is 0.198 e. The molecule has 0 bridgehead atoms. The average molecular weight is 227 g/mol. The van der Waals surface area contributed by atoms with E-state index in [4.69, 9.17) is 4.55 Å². The maximum atomic E-state index is 10.4. The van der Waals surface area contributed by atoms with E-state index in [2.05, 4.69) is 15.9 Å². The quantitative estimate of drug-likeness (QED) is 0.746. The van der Waals surface area contributed by atoms with Crippen LogP contribution in [0, 0.1) is 0 Å². The van der Waals surface area contributed by atoms with Crippen LogP contribution < -0.4 is 0 Å². The third-order valence-corrected chi connectivity index (χ3v) is 3.89. The summed E-state index contributed by atoms with van der Waals surface area (Å²) in [6, 6.07) is 1.74. The van der Waals surface area contributed by atoms with Crippen molar-refractivity contribution in [3.05, 3.63) is 15.9 Å². The summed E-state index contributed by atoms with van der Waals surface area (Å²) in [5, 5.41) is 1.76. The van der Waals surface area contributed by atoms with Crippen molar-refractivity contribution in [2.24, 2.45) is 0 Å². The van der Waals surface area contributed by atoms with E-state index in [-0.39, 0.29) is 0 Å². The van der Waals surface area contributed by atoms with Gasteiger partial charge in [-0.2, -0.15) is 0 Å². The molecular formula is C4H3BrO2S2. The number of halogens is 1. The van der Waals surface area contributed by atoms with Crippen LogP contribution in [0.2, 0.25) is 0 Å². The Morgan fingerprint density at radius 2 is 2.44 bits per heavy atom. The molecule has 1 heterocycles. The molecule has 5 heteroatoms. The van der Waals surface area contributed by atoms with Crippen molar-refractivity contribution in [1.82, 2.24) is 0 Å². The molecule has 0 aromatic carbocycles. The smallest absolute Gasteiger partial charge is 0.198 e. The molecule has 50 valence electrons. The van der Waals surface area contributed by atoms with Crippen molar-refractivity contribution in [3.8, 4) is 0 Å². The summed E-state index contributed by atoms with van der Waals surface area (Å²) in [6.45, 7) is 0. The van der Waals surface area contributed by atoms with Crippen LogP contribution >= 0.6 is 27.3 Å². The van der Waals surface area contributed by atoms with Crippen LogP contribution in [-0.4, -0.2) is 8.76 Å². The normalized spacial score (nSPS) is 13.6. The fourth-order valence-electron chi connectivity index (χ4n) is 0.404. The molecule has 0 aliphatic heterocycles. The second-order valence-corrected chi connectivity index (χ2v) is 4.24. The van der Waals surface area contributed by atoms with Gasteiger partial charge >= 0.3 is 0 Å². The van der Waals surface area contributed by atoms with E-state index in [1.807, 2.05) is 0 Å². The molecule has 1 aromatic rings. The van der Waals surface area contributed by atoms with Gasteiger partial charge in [-0.1, -0.05) is 0 Å². The standard InChI is InChI=1S/C4H3BrO2S2/c5-3-1-2-8-4(3)9(6)7/h1-2H,(H,6,7). The molecule has 0 saturated heterocycles. The van der Waals surface area contributed by atoms with E-state index in [0.29, 0.717) is 8.68 Å². The van der Waals surface area contributed by atoms with Gasteiger partial charge < -0.3 is 4.55 Å². The van der Waals surface area contributed by atoms with E-state index in [0.717, 1.165) is 0 Å². The Kier molecular flexibility index (Phi) is 2.40. The van der Waals surface area contributed by atoms with Gasteiger partial charge in [0.15, 0.2) is 11.1 Å². The molecule has 0 spiro atoms. The SMILES string of the molecule is O=S(O)c1sccc1Br. The molecule has 0 radical (unpaired) electrons. The number of thiophene rings is 1. The second kappa shape index (κ2) is 2.92. The second-order valence-electron chi connectivity index (χ2n) is 1.31. The molecule has 0 aliphatic carbocycles. The van der Waals surface area contributed by atoms with Crippen molar-refractivity contribution in [1.29, 1.82) is 0 Å². The Balaban J connectivity index is 3.08. The first-order chi connectivity index (χ1) is 4.22. The van der Waals surface area contributed by atoms with Gasteiger partial charge in [0, 0.05) is 4.47 Å². The third kappa shape index (κ3) is 1.61. The topological polar surface area (TPSA) is 37.3 Å². The highest BCUT2D eigenvalue weighted by Crippen LogP contribution is 2.24. The van der Waals surface area contributed by atoms with E-state index in [9.17, 15) is 4.21 Å². The van der Waals surface area contributed by atoms with Crippen LogP contribution in [0.25, 0.3) is 0 Å². The summed E-state index contributed by atoms with van der Waals surface area (Å²) in [5.41, 5.74) is 0. The van der Waals surface area contributed by atoms with Crippen molar-refractivity contribution in [2.75, 3.05) is 0 Å². The zero-order valence-electron chi connectivity index (χ0n) is 4.20. The molecule has 1 aromatic heterocycles. The van der Waals surface area contributed by atoms with Gasteiger partial charge in [0.05, 0.1) is 0 Å². The summed E-state index contributed by atoms with van der Waals surface area (Å²) in [4.78, 5) is 0. The number of hydrogen-bond donors (Lipinski definition) is 1. The maximum absolute atomic E-state index is 10.4. The highest BCUT2D eigenvalue weighted by molar-refractivity contribution is 9.10. The predicted octanol–water partition coefficient (Wildman–Crippen LogP) is 2.09. The monoisotopic (exact) mass is 226 g/mol. The molecule has 1 rings (SSSR count). The summed E-state index contributed by atoms with van der Waals surface area (Å²) in [5.74, 6) is 0. The summed E-state index contributed by atoms with van der Waals surface area (Å²) in [6.07, 6.45) is 0. The van der Waals surface area contributed by atoms with Gasteiger partial charge in [0.2, 0.25) is 0 Å². The third-order valence-electron chi connectivity index (χ3n) is 0.743. The van der Waals surface area contributed by atoms with Gasteiger partial charge in [-0.05, 0) is 27.4 Å². The number of hydrogen-bond acceptors (Lipinski definition) is 2. The molecule has 1 atom stereocenters. The Morgan fingerprint density at radius 3 is 2.67 bits per heavy atom. The fourth-order valence-corrected chi connectivity index (χ4v) is 2.65. The van der Waals surface area contributed by atoms with Crippen LogP contribution in [0.1, 0.15) is 0 Å². The van der Waals surface area contributed by atoms with Crippen molar-refractivity contribution < 1.29 is 8.76 Å². The lowest BCUT2D eigenvalue weighted by Gasteiger charge is -1.85. The molecule has 2 nitrogen and oxygen atoms in total. The molecule has 0 amide bonds. The van der Waals surface area contributed by atoms with Crippen LogP contribution in [0.3, 0.4) is 0 Å². The first kappa shape index (κ1) is 7.40. The lowest BCUT2D eigenvalue weighted by Crippen LogP contribution is -1.82. The summed E-state index contributed by atoms with van der Waals surface area (Å²) < 4.78 is 20.1. The van der Waals surface area contributed by atoms with Crippen molar-refractivity contribution in [3.63, 3.8) is 0 Å². The van der Waals surface area contributed by atoms with Gasteiger partial charge in [-0.3, -0.25) is 0 Å². The minimum atomic E-state index is -1.84. The van der Waals surface area contributed by atoms with Crippen LogP contribution in [0.5, 0.6) is 0 Å². The number of rotatable bonds is 1. The molecular weight excluding hydrogens is 224 g/mol. The van der Waals surface area contributed by atoms with E-state index in [1.54, 1.807) is 11.4 Å². The fraction of sp³-hybridized carbons (Fsp3) is 0. The molecule has 1 N–H and O–H groups in total. The molecule has 0 aliphatic rings. The van der Waals surface area contributed by atoms with Crippen LogP contribution in [-0.2, 0) is 11.1 Å². The largest absolute Gasteiger partial charge is 0.302 e.